The fraction of sp³-hybridized carbons (Fsp3) is 0.500. The number of ether oxygens (including phenoxy) is 1. The Morgan fingerprint density at radius 1 is 1.17 bits per heavy atom. The van der Waals surface area contributed by atoms with E-state index in [4.69, 9.17) is 4.74 Å². The molecule has 0 bridgehead atoms. The highest BCUT2D eigenvalue weighted by molar-refractivity contribution is 5.74. The van der Waals surface area contributed by atoms with Crippen molar-refractivity contribution in [2.24, 2.45) is 0 Å². The molecular weight excluding hydrogens is 455 g/mol. The van der Waals surface area contributed by atoms with E-state index in [0.29, 0.717) is 42.7 Å². The highest BCUT2D eigenvalue weighted by Crippen LogP contribution is 2.25. The first-order valence-corrected chi connectivity index (χ1v) is 11.9. The third kappa shape index (κ3) is 4.92. The Labute approximate surface area is 201 Å². The maximum atomic E-state index is 13.3. The molecule has 0 spiro atoms. The van der Waals surface area contributed by atoms with Crippen LogP contribution in [0.2, 0.25) is 0 Å². The molecule has 2 saturated heterocycles. The molecule has 0 aliphatic carbocycles. The van der Waals surface area contributed by atoms with Crippen molar-refractivity contribution in [1.29, 1.82) is 0 Å². The van der Waals surface area contributed by atoms with Crippen molar-refractivity contribution in [3.63, 3.8) is 0 Å². The van der Waals surface area contributed by atoms with Crippen LogP contribution in [0.25, 0.3) is 16.7 Å². The van der Waals surface area contributed by atoms with E-state index in [9.17, 15) is 19.1 Å². The lowest BCUT2D eigenvalue weighted by molar-refractivity contribution is -0.0393. The van der Waals surface area contributed by atoms with Gasteiger partial charge in [0, 0.05) is 26.2 Å². The second kappa shape index (κ2) is 9.38. The molecule has 2 aliphatic rings. The standard InChI is InChI=1S/C24H29FN6O4/c1-28-10-6-19(7-11-28)35-23(33)29-12-8-24(34,9-13-29)15-30-16-26-21-20(22(30)32)14-27-31(21)18-4-2-17(25)3-5-18/h2-5,14,16,19,34H,6-13,15H2,1H3. The lowest BCUT2D eigenvalue weighted by Gasteiger charge is -2.38. The van der Waals surface area contributed by atoms with E-state index in [1.165, 1.54) is 33.9 Å². The second-order valence-electron chi connectivity index (χ2n) is 9.55. The smallest absolute Gasteiger partial charge is 0.410 e. The van der Waals surface area contributed by atoms with Crippen LogP contribution >= 0.6 is 0 Å². The lowest BCUT2D eigenvalue weighted by atomic mass is 9.91. The SMILES string of the molecule is CN1CCC(OC(=O)N2CCC(O)(Cn3cnc4c(cnn4-c4ccc(F)cc4)c3=O)CC2)CC1. The van der Waals surface area contributed by atoms with Crippen molar-refractivity contribution in [2.45, 2.75) is 43.9 Å². The van der Waals surface area contributed by atoms with Gasteiger partial charge in [0.2, 0.25) is 0 Å². The number of benzene rings is 1. The molecule has 35 heavy (non-hydrogen) atoms. The average Bonchev–Trinajstić information content (AvgIpc) is 3.28. The normalized spacial score (nSPS) is 19.2. The summed E-state index contributed by atoms with van der Waals surface area (Å²) in [5.41, 5.74) is -0.516. The first-order chi connectivity index (χ1) is 16.8. The quantitative estimate of drug-likeness (QED) is 0.602. The van der Waals surface area contributed by atoms with Crippen molar-refractivity contribution in [3.8, 4) is 5.69 Å². The molecule has 0 radical (unpaired) electrons. The summed E-state index contributed by atoms with van der Waals surface area (Å²) in [6.07, 6.45) is 4.74. The molecular formula is C24H29FN6O4. The summed E-state index contributed by atoms with van der Waals surface area (Å²) >= 11 is 0. The van der Waals surface area contributed by atoms with Gasteiger partial charge in [-0.2, -0.15) is 5.10 Å². The van der Waals surface area contributed by atoms with Crippen LogP contribution in [0.5, 0.6) is 0 Å². The van der Waals surface area contributed by atoms with E-state index in [-0.39, 0.29) is 30.1 Å². The third-order valence-corrected chi connectivity index (χ3v) is 6.98. The Balaban J connectivity index is 1.24. The minimum absolute atomic E-state index is 0.0632. The van der Waals surface area contributed by atoms with Crippen LogP contribution in [0.1, 0.15) is 25.7 Å². The van der Waals surface area contributed by atoms with Crippen LogP contribution in [0.4, 0.5) is 9.18 Å². The van der Waals surface area contributed by atoms with Gasteiger partial charge in [0.05, 0.1) is 24.0 Å². The zero-order chi connectivity index (χ0) is 24.6. The molecule has 11 heteroatoms. The van der Waals surface area contributed by atoms with E-state index in [2.05, 4.69) is 22.0 Å². The van der Waals surface area contributed by atoms with Crippen molar-refractivity contribution in [2.75, 3.05) is 33.2 Å². The number of aliphatic hydroxyl groups is 1. The van der Waals surface area contributed by atoms with E-state index in [1.54, 1.807) is 17.0 Å². The highest BCUT2D eigenvalue weighted by atomic mass is 19.1. The molecule has 1 aromatic carbocycles. The summed E-state index contributed by atoms with van der Waals surface area (Å²) in [4.78, 5) is 33.9. The molecule has 2 aliphatic heterocycles. The fourth-order valence-electron chi connectivity index (χ4n) is 4.73. The Morgan fingerprint density at radius 2 is 1.86 bits per heavy atom. The van der Waals surface area contributed by atoms with Gasteiger partial charge in [-0.25, -0.2) is 18.9 Å². The predicted molar refractivity (Wildman–Crippen MR) is 126 cm³/mol. The molecule has 1 amide bonds. The van der Waals surface area contributed by atoms with E-state index in [1.807, 2.05) is 0 Å². The van der Waals surface area contributed by atoms with Crippen LogP contribution in [0.15, 0.2) is 41.6 Å². The zero-order valence-corrected chi connectivity index (χ0v) is 19.6. The molecule has 10 nitrogen and oxygen atoms in total. The van der Waals surface area contributed by atoms with Crippen molar-refractivity contribution >= 4 is 17.1 Å². The summed E-state index contributed by atoms with van der Waals surface area (Å²) in [6.45, 7) is 2.60. The first-order valence-electron chi connectivity index (χ1n) is 11.9. The molecule has 0 unspecified atom stereocenters. The number of carbonyl (C=O) groups excluding carboxylic acids is 1. The summed E-state index contributed by atoms with van der Waals surface area (Å²) < 4.78 is 21.8. The van der Waals surface area contributed by atoms with Gasteiger partial charge in [-0.05, 0) is 57.0 Å². The Kier molecular flexibility index (Phi) is 6.28. The number of amides is 1. The van der Waals surface area contributed by atoms with Crippen LogP contribution in [0, 0.1) is 5.82 Å². The number of aromatic nitrogens is 4. The zero-order valence-electron chi connectivity index (χ0n) is 19.6. The minimum atomic E-state index is -1.14. The second-order valence-corrected chi connectivity index (χ2v) is 9.55. The number of hydrogen-bond acceptors (Lipinski definition) is 7. The van der Waals surface area contributed by atoms with Gasteiger partial charge in [-0.3, -0.25) is 9.36 Å². The van der Waals surface area contributed by atoms with Crippen LogP contribution < -0.4 is 5.56 Å². The predicted octanol–water partition coefficient (Wildman–Crippen LogP) is 1.78. The summed E-state index contributed by atoms with van der Waals surface area (Å²) in [6, 6.07) is 5.75. The molecule has 5 rings (SSSR count). The molecule has 2 aromatic heterocycles. The first kappa shape index (κ1) is 23.4. The van der Waals surface area contributed by atoms with Gasteiger partial charge < -0.3 is 19.6 Å². The fourth-order valence-corrected chi connectivity index (χ4v) is 4.73. The Bertz CT molecular complexity index is 1260. The summed E-state index contributed by atoms with van der Waals surface area (Å²) in [5.74, 6) is -0.366. The van der Waals surface area contributed by atoms with Gasteiger partial charge in [-0.1, -0.05) is 0 Å². The number of nitrogens with zero attached hydrogens (tertiary/aromatic N) is 6. The Morgan fingerprint density at radius 3 is 2.54 bits per heavy atom. The molecule has 4 heterocycles. The Hall–Kier alpha value is -3.31. The maximum absolute atomic E-state index is 13.3. The van der Waals surface area contributed by atoms with Gasteiger partial charge in [-0.15, -0.1) is 0 Å². The van der Waals surface area contributed by atoms with Crippen LogP contribution in [0.3, 0.4) is 0 Å². The van der Waals surface area contributed by atoms with Crippen LogP contribution in [-0.4, -0.2) is 85.3 Å². The van der Waals surface area contributed by atoms with Crippen molar-refractivity contribution in [1.82, 2.24) is 29.1 Å². The minimum Gasteiger partial charge on any atom is -0.446 e. The van der Waals surface area contributed by atoms with Gasteiger partial charge in [0.15, 0.2) is 5.65 Å². The van der Waals surface area contributed by atoms with Gasteiger partial charge >= 0.3 is 6.09 Å². The monoisotopic (exact) mass is 484 g/mol. The molecule has 2 fully saturated rings. The third-order valence-electron chi connectivity index (χ3n) is 6.98. The van der Waals surface area contributed by atoms with E-state index < -0.39 is 5.60 Å². The molecule has 186 valence electrons. The summed E-state index contributed by atoms with van der Waals surface area (Å²) in [7, 11) is 2.06. The molecule has 3 aromatic rings. The number of halogens is 1. The molecule has 0 saturated carbocycles. The largest absolute Gasteiger partial charge is 0.446 e. The molecule has 1 N–H and O–H groups in total. The van der Waals surface area contributed by atoms with E-state index >= 15 is 0 Å². The highest BCUT2D eigenvalue weighted by Gasteiger charge is 2.36. The van der Waals surface area contributed by atoms with Gasteiger partial charge in [0.1, 0.15) is 23.6 Å². The lowest BCUT2D eigenvalue weighted by Crippen LogP contribution is -2.50. The number of fused-ring (bicyclic) bond motifs is 1. The number of carbonyl (C=O) groups is 1. The molecule has 0 atom stereocenters. The van der Waals surface area contributed by atoms with Crippen molar-refractivity contribution in [3.05, 3.63) is 53.0 Å². The average molecular weight is 485 g/mol. The number of likely N-dealkylation sites (tertiary alicyclic amines) is 2. The summed E-state index contributed by atoms with van der Waals surface area (Å²) in [5, 5.41) is 15.7. The topological polar surface area (TPSA) is 106 Å². The van der Waals surface area contributed by atoms with Crippen molar-refractivity contribution < 1.29 is 19.0 Å². The maximum Gasteiger partial charge on any atom is 0.410 e. The van der Waals surface area contributed by atoms with Gasteiger partial charge in [0.25, 0.3) is 5.56 Å². The number of piperidine rings is 2. The number of rotatable bonds is 4. The number of hydrogen-bond donors (Lipinski definition) is 1. The van der Waals surface area contributed by atoms with Crippen LogP contribution in [-0.2, 0) is 11.3 Å². The van der Waals surface area contributed by atoms with E-state index in [0.717, 1.165) is 25.9 Å².